The van der Waals surface area contributed by atoms with E-state index in [4.69, 9.17) is 9.47 Å². The number of carbonyl (C=O) groups excluding carboxylic acids is 3. The molecular formula is C24H25NO6. The van der Waals surface area contributed by atoms with Crippen LogP contribution in [0, 0.1) is 0 Å². The fourth-order valence-corrected chi connectivity index (χ4v) is 3.55. The Hall–Kier alpha value is -3.61. The molecule has 1 aliphatic rings. The molecule has 2 aromatic rings. The molecule has 7 heteroatoms. The second-order valence-corrected chi connectivity index (χ2v) is 7.12. The van der Waals surface area contributed by atoms with Crippen molar-refractivity contribution in [2.45, 2.75) is 26.3 Å². The molecule has 1 aliphatic heterocycles. The molecule has 0 radical (unpaired) electrons. The van der Waals surface area contributed by atoms with Crippen molar-refractivity contribution in [1.29, 1.82) is 0 Å². The Labute approximate surface area is 181 Å². The van der Waals surface area contributed by atoms with Gasteiger partial charge in [0.05, 0.1) is 40.0 Å². The van der Waals surface area contributed by atoms with Crippen LogP contribution in [0.1, 0.15) is 36.5 Å². The molecule has 0 bridgehead atoms. The number of carbonyl (C=O) groups is 3. The van der Waals surface area contributed by atoms with Crippen LogP contribution in [0.4, 0.5) is 5.69 Å². The Morgan fingerprint density at radius 2 is 1.61 bits per heavy atom. The number of benzene rings is 2. The van der Waals surface area contributed by atoms with Gasteiger partial charge < -0.3 is 19.1 Å². The molecular weight excluding hydrogens is 398 g/mol. The zero-order valence-corrected chi connectivity index (χ0v) is 18.1. The summed E-state index contributed by atoms with van der Waals surface area (Å²) in [7, 11) is 4.40. The number of rotatable bonds is 6. The van der Waals surface area contributed by atoms with Crippen molar-refractivity contribution in [3.05, 3.63) is 53.1 Å². The molecule has 2 aromatic carbocycles. The molecule has 0 N–H and O–H groups in total. The molecule has 0 atom stereocenters. The number of amides is 1. The first-order chi connectivity index (χ1) is 14.9. The SMILES string of the molecule is COC(=O)CCC(=O)N1Cc2cc(OC)ccc2/C(C(C)=O)=C\c2ccc(OC)cc21. The Morgan fingerprint density at radius 1 is 0.935 bits per heavy atom. The molecule has 1 heterocycles. The molecule has 162 valence electrons. The number of hydrogen-bond acceptors (Lipinski definition) is 6. The lowest BCUT2D eigenvalue weighted by Crippen LogP contribution is -2.32. The third kappa shape index (κ3) is 4.77. The predicted octanol–water partition coefficient (Wildman–Crippen LogP) is 3.63. The van der Waals surface area contributed by atoms with Crippen LogP contribution < -0.4 is 14.4 Å². The summed E-state index contributed by atoms with van der Waals surface area (Å²) in [5.74, 6) is 0.419. The molecule has 0 saturated carbocycles. The van der Waals surface area contributed by atoms with Gasteiger partial charge in [0.15, 0.2) is 5.78 Å². The fraction of sp³-hybridized carbons (Fsp3) is 0.292. The lowest BCUT2D eigenvalue weighted by molar-refractivity contribution is -0.141. The lowest BCUT2D eigenvalue weighted by Gasteiger charge is -2.29. The summed E-state index contributed by atoms with van der Waals surface area (Å²) >= 11 is 0. The lowest BCUT2D eigenvalue weighted by atomic mass is 9.92. The minimum Gasteiger partial charge on any atom is -0.497 e. The minimum atomic E-state index is -0.452. The van der Waals surface area contributed by atoms with Crippen LogP contribution in [-0.4, -0.2) is 39.0 Å². The number of ketones is 1. The fourth-order valence-electron chi connectivity index (χ4n) is 3.55. The van der Waals surface area contributed by atoms with Gasteiger partial charge in [-0.3, -0.25) is 14.4 Å². The maximum atomic E-state index is 13.2. The molecule has 31 heavy (non-hydrogen) atoms. The van der Waals surface area contributed by atoms with Gasteiger partial charge in [-0.25, -0.2) is 0 Å². The van der Waals surface area contributed by atoms with E-state index < -0.39 is 5.97 Å². The molecule has 1 amide bonds. The van der Waals surface area contributed by atoms with Crippen molar-refractivity contribution < 1.29 is 28.6 Å². The number of methoxy groups -OCH3 is 3. The summed E-state index contributed by atoms with van der Waals surface area (Å²) < 4.78 is 15.4. The van der Waals surface area contributed by atoms with E-state index in [9.17, 15) is 14.4 Å². The highest BCUT2D eigenvalue weighted by Gasteiger charge is 2.26. The quantitative estimate of drug-likeness (QED) is 0.660. The highest BCUT2D eigenvalue weighted by Crippen LogP contribution is 2.36. The van der Waals surface area contributed by atoms with E-state index in [-0.39, 0.29) is 31.1 Å². The molecule has 0 aromatic heterocycles. The van der Waals surface area contributed by atoms with Crippen molar-refractivity contribution in [1.82, 2.24) is 0 Å². The molecule has 7 nitrogen and oxygen atoms in total. The Kier molecular flexibility index (Phi) is 6.74. The standard InChI is InChI=1S/C24H25NO6/c1-15(26)21-12-16-5-6-19(30-3)13-22(16)25(23(27)9-10-24(28)31-4)14-17-11-18(29-2)7-8-20(17)21/h5-8,11-13H,9-10,14H2,1-4H3/b21-12-. The first-order valence-corrected chi connectivity index (χ1v) is 9.83. The average Bonchev–Trinajstić information content (AvgIpc) is 2.77. The smallest absolute Gasteiger partial charge is 0.306 e. The van der Waals surface area contributed by atoms with E-state index in [2.05, 4.69) is 4.74 Å². The second-order valence-electron chi connectivity index (χ2n) is 7.12. The number of anilines is 1. The zero-order chi connectivity index (χ0) is 22.5. The van der Waals surface area contributed by atoms with Gasteiger partial charge in [-0.1, -0.05) is 6.07 Å². The zero-order valence-electron chi connectivity index (χ0n) is 18.1. The van der Waals surface area contributed by atoms with Crippen LogP contribution in [0.15, 0.2) is 36.4 Å². The summed E-state index contributed by atoms with van der Waals surface area (Å²) in [6.07, 6.45) is 1.75. The van der Waals surface area contributed by atoms with E-state index in [0.29, 0.717) is 28.3 Å². The molecule has 0 spiro atoms. The summed E-state index contributed by atoms with van der Waals surface area (Å²) in [5, 5.41) is 0. The maximum Gasteiger partial charge on any atom is 0.306 e. The number of nitrogens with zero attached hydrogens (tertiary/aromatic N) is 1. The first-order valence-electron chi connectivity index (χ1n) is 9.83. The molecule has 3 rings (SSSR count). The van der Waals surface area contributed by atoms with Gasteiger partial charge in [0, 0.05) is 18.1 Å². The van der Waals surface area contributed by atoms with Gasteiger partial charge in [0.1, 0.15) is 11.5 Å². The van der Waals surface area contributed by atoms with Crippen LogP contribution in [0.3, 0.4) is 0 Å². The summed E-state index contributed by atoms with van der Waals surface area (Å²) in [5.41, 5.74) is 3.35. The van der Waals surface area contributed by atoms with Crippen molar-refractivity contribution in [2.24, 2.45) is 0 Å². The monoisotopic (exact) mass is 423 g/mol. The summed E-state index contributed by atoms with van der Waals surface area (Å²) in [4.78, 5) is 38.9. The normalized spacial score (nSPS) is 14.2. The number of allylic oxidation sites excluding steroid dienone is 1. The first kappa shape index (κ1) is 22.1. The van der Waals surface area contributed by atoms with E-state index in [1.54, 1.807) is 43.4 Å². The number of ether oxygens (including phenoxy) is 3. The van der Waals surface area contributed by atoms with E-state index >= 15 is 0 Å². The van der Waals surface area contributed by atoms with Gasteiger partial charge in [-0.05, 0) is 54.0 Å². The highest BCUT2D eigenvalue weighted by molar-refractivity contribution is 6.25. The summed E-state index contributed by atoms with van der Waals surface area (Å²) in [6, 6.07) is 10.8. The third-order valence-corrected chi connectivity index (χ3v) is 5.21. The largest absolute Gasteiger partial charge is 0.497 e. The highest BCUT2D eigenvalue weighted by atomic mass is 16.5. The number of esters is 1. The molecule has 0 aliphatic carbocycles. The number of Topliss-reactive ketones (excluding diaryl/α,β-unsaturated/α-hetero) is 1. The van der Waals surface area contributed by atoms with Gasteiger partial charge in [0.25, 0.3) is 0 Å². The van der Waals surface area contributed by atoms with Crippen LogP contribution in [0.2, 0.25) is 0 Å². The van der Waals surface area contributed by atoms with Gasteiger partial charge in [-0.2, -0.15) is 0 Å². The Balaban J connectivity index is 2.18. The topological polar surface area (TPSA) is 82.1 Å². The van der Waals surface area contributed by atoms with E-state index in [1.807, 2.05) is 18.2 Å². The van der Waals surface area contributed by atoms with Crippen LogP contribution in [0.25, 0.3) is 11.6 Å². The van der Waals surface area contributed by atoms with Crippen molar-refractivity contribution in [2.75, 3.05) is 26.2 Å². The second kappa shape index (κ2) is 9.47. The van der Waals surface area contributed by atoms with Gasteiger partial charge in [0.2, 0.25) is 5.91 Å². The molecule has 0 unspecified atom stereocenters. The Bertz CT molecular complexity index is 1060. The third-order valence-electron chi connectivity index (χ3n) is 5.21. The predicted molar refractivity (Wildman–Crippen MR) is 117 cm³/mol. The molecule has 0 fully saturated rings. The minimum absolute atomic E-state index is 0.00803. The average molecular weight is 423 g/mol. The van der Waals surface area contributed by atoms with Crippen LogP contribution in [0.5, 0.6) is 11.5 Å². The van der Waals surface area contributed by atoms with Crippen molar-refractivity contribution in [3.8, 4) is 11.5 Å². The van der Waals surface area contributed by atoms with Crippen molar-refractivity contribution >= 4 is 35.0 Å². The number of hydrogen-bond donors (Lipinski definition) is 0. The van der Waals surface area contributed by atoms with Gasteiger partial charge >= 0.3 is 5.97 Å². The van der Waals surface area contributed by atoms with Crippen molar-refractivity contribution in [3.63, 3.8) is 0 Å². The molecule has 0 saturated heterocycles. The van der Waals surface area contributed by atoms with Gasteiger partial charge in [-0.15, -0.1) is 0 Å². The number of fused-ring (bicyclic) bond motifs is 2. The van der Waals surface area contributed by atoms with E-state index in [0.717, 1.165) is 11.1 Å². The maximum absolute atomic E-state index is 13.2. The van der Waals surface area contributed by atoms with Crippen LogP contribution >= 0.6 is 0 Å². The Morgan fingerprint density at radius 3 is 2.26 bits per heavy atom. The van der Waals surface area contributed by atoms with E-state index in [1.165, 1.54) is 14.0 Å². The summed E-state index contributed by atoms with van der Waals surface area (Å²) in [6.45, 7) is 1.72. The van der Waals surface area contributed by atoms with Crippen LogP contribution in [-0.2, 0) is 25.7 Å².